The van der Waals surface area contributed by atoms with E-state index in [1.165, 1.54) is 24.3 Å². The highest BCUT2D eigenvalue weighted by Crippen LogP contribution is 2.18. The highest BCUT2D eigenvalue weighted by atomic mass is 32.2. The van der Waals surface area contributed by atoms with Crippen LogP contribution in [0.1, 0.15) is 12.5 Å². The van der Waals surface area contributed by atoms with E-state index in [2.05, 4.69) is 4.72 Å². The quantitative estimate of drug-likeness (QED) is 0.892. The van der Waals surface area contributed by atoms with Crippen LogP contribution in [-0.2, 0) is 16.6 Å². The fourth-order valence-corrected chi connectivity index (χ4v) is 2.83. The molecule has 0 aliphatic carbocycles. The summed E-state index contributed by atoms with van der Waals surface area (Å²) in [5, 5.41) is 0. The van der Waals surface area contributed by atoms with Crippen LogP contribution in [0.3, 0.4) is 0 Å². The summed E-state index contributed by atoms with van der Waals surface area (Å²) < 4.78 is 45.3. The molecule has 0 radical (unpaired) electrons. The first kappa shape index (κ1) is 15.5. The first-order valence-electron chi connectivity index (χ1n) is 6.49. The summed E-state index contributed by atoms with van der Waals surface area (Å²) in [5.74, 6) is -0.347. The molecule has 0 fully saturated rings. The highest BCUT2D eigenvalue weighted by Gasteiger charge is 2.13. The molecule has 2 rings (SSSR count). The minimum Gasteiger partial charge on any atom is -0.491 e. The van der Waals surface area contributed by atoms with Crippen molar-refractivity contribution in [1.29, 1.82) is 0 Å². The number of ether oxygens (including phenoxy) is 1. The Labute approximate surface area is 123 Å². The van der Waals surface area contributed by atoms with E-state index < -0.39 is 15.8 Å². The van der Waals surface area contributed by atoms with Gasteiger partial charge in [-0.15, -0.1) is 0 Å². The van der Waals surface area contributed by atoms with Gasteiger partial charge in [-0.3, -0.25) is 0 Å². The van der Waals surface area contributed by atoms with Crippen LogP contribution in [0.2, 0.25) is 0 Å². The molecule has 0 bridgehead atoms. The van der Waals surface area contributed by atoms with Gasteiger partial charge in [0.1, 0.15) is 0 Å². The summed E-state index contributed by atoms with van der Waals surface area (Å²) in [5.41, 5.74) is 0.524. The molecular formula is C15H16FNO3S. The molecule has 0 saturated carbocycles. The molecule has 1 N–H and O–H groups in total. The van der Waals surface area contributed by atoms with Gasteiger partial charge in [-0.1, -0.05) is 24.3 Å². The van der Waals surface area contributed by atoms with Crippen LogP contribution in [0.25, 0.3) is 0 Å². The fourth-order valence-electron chi connectivity index (χ4n) is 1.79. The zero-order valence-electron chi connectivity index (χ0n) is 11.5. The predicted molar refractivity (Wildman–Crippen MR) is 78.0 cm³/mol. The molecule has 0 aliphatic heterocycles. The van der Waals surface area contributed by atoms with Crippen LogP contribution < -0.4 is 9.46 Å². The van der Waals surface area contributed by atoms with Crippen molar-refractivity contribution in [3.05, 3.63) is 59.9 Å². The van der Waals surface area contributed by atoms with Crippen LogP contribution >= 0.6 is 0 Å². The van der Waals surface area contributed by atoms with E-state index in [0.717, 1.165) is 0 Å². The van der Waals surface area contributed by atoms with Crippen LogP contribution in [0, 0.1) is 5.82 Å². The third-order valence-corrected chi connectivity index (χ3v) is 4.23. The van der Waals surface area contributed by atoms with Crippen molar-refractivity contribution in [2.75, 3.05) is 6.61 Å². The van der Waals surface area contributed by atoms with Gasteiger partial charge in [-0.05, 0) is 36.8 Å². The Morgan fingerprint density at radius 1 is 1.14 bits per heavy atom. The summed E-state index contributed by atoms with van der Waals surface area (Å²) in [6, 6.07) is 12.4. The lowest BCUT2D eigenvalue weighted by atomic mass is 10.2. The summed E-state index contributed by atoms with van der Waals surface area (Å²) in [4.78, 5) is 0.177. The standard InChI is InChI=1S/C15H16FNO3S/c1-2-20-15-9-8-12(10-14(15)16)11-17-21(18,19)13-6-4-3-5-7-13/h3-10,17H,2,11H2,1H3. The smallest absolute Gasteiger partial charge is 0.240 e. The SMILES string of the molecule is CCOc1ccc(CNS(=O)(=O)c2ccccc2)cc1F. The van der Waals surface area contributed by atoms with Gasteiger partial charge >= 0.3 is 0 Å². The Morgan fingerprint density at radius 3 is 2.48 bits per heavy atom. The van der Waals surface area contributed by atoms with E-state index in [9.17, 15) is 12.8 Å². The molecule has 0 atom stereocenters. The summed E-state index contributed by atoms with van der Waals surface area (Å²) in [6.07, 6.45) is 0. The number of sulfonamides is 1. The van der Waals surface area contributed by atoms with E-state index in [-0.39, 0.29) is 17.2 Å². The molecule has 0 amide bonds. The summed E-state index contributed by atoms with van der Waals surface area (Å²) in [7, 11) is -3.60. The van der Waals surface area contributed by atoms with Gasteiger partial charge in [0.15, 0.2) is 11.6 Å². The van der Waals surface area contributed by atoms with Gasteiger partial charge in [0, 0.05) is 6.54 Å². The van der Waals surface area contributed by atoms with Gasteiger partial charge in [0.2, 0.25) is 10.0 Å². The lowest BCUT2D eigenvalue weighted by molar-refractivity contribution is 0.321. The average molecular weight is 309 g/mol. The van der Waals surface area contributed by atoms with E-state index >= 15 is 0 Å². The highest BCUT2D eigenvalue weighted by molar-refractivity contribution is 7.89. The molecule has 112 valence electrons. The van der Waals surface area contributed by atoms with E-state index in [0.29, 0.717) is 12.2 Å². The van der Waals surface area contributed by atoms with Crippen molar-refractivity contribution >= 4 is 10.0 Å². The van der Waals surface area contributed by atoms with Crippen LogP contribution in [0.4, 0.5) is 4.39 Å². The average Bonchev–Trinajstić information content (AvgIpc) is 2.49. The van der Waals surface area contributed by atoms with Gasteiger partial charge in [-0.2, -0.15) is 0 Å². The molecule has 0 aromatic heterocycles. The van der Waals surface area contributed by atoms with Crippen molar-refractivity contribution in [2.24, 2.45) is 0 Å². The van der Waals surface area contributed by atoms with E-state index in [1.807, 2.05) is 0 Å². The summed E-state index contributed by atoms with van der Waals surface area (Å²) >= 11 is 0. The Balaban J connectivity index is 2.08. The minimum absolute atomic E-state index is 0.0144. The van der Waals surface area contributed by atoms with Gasteiger partial charge in [0.25, 0.3) is 0 Å². The molecule has 4 nitrogen and oxygen atoms in total. The van der Waals surface area contributed by atoms with E-state index in [4.69, 9.17) is 4.74 Å². The maximum absolute atomic E-state index is 13.7. The normalized spacial score (nSPS) is 11.3. The third kappa shape index (κ3) is 4.03. The van der Waals surface area contributed by atoms with Crippen molar-refractivity contribution in [1.82, 2.24) is 4.72 Å². The van der Waals surface area contributed by atoms with Crippen LogP contribution in [-0.4, -0.2) is 15.0 Å². The van der Waals surface area contributed by atoms with Crippen molar-refractivity contribution in [3.8, 4) is 5.75 Å². The van der Waals surface area contributed by atoms with Crippen molar-refractivity contribution < 1.29 is 17.5 Å². The molecule has 6 heteroatoms. The van der Waals surface area contributed by atoms with Gasteiger partial charge < -0.3 is 4.74 Å². The largest absolute Gasteiger partial charge is 0.491 e. The second-order valence-corrected chi connectivity index (χ2v) is 6.10. The van der Waals surface area contributed by atoms with Crippen LogP contribution in [0.5, 0.6) is 5.75 Å². The topological polar surface area (TPSA) is 55.4 Å². The lowest BCUT2D eigenvalue weighted by Crippen LogP contribution is -2.23. The molecule has 2 aromatic rings. The third-order valence-electron chi connectivity index (χ3n) is 2.82. The maximum atomic E-state index is 13.7. The van der Waals surface area contributed by atoms with Gasteiger partial charge in [-0.25, -0.2) is 17.5 Å². The fraction of sp³-hybridized carbons (Fsp3) is 0.200. The predicted octanol–water partition coefficient (Wildman–Crippen LogP) is 2.70. The zero-order chi connectivity index (χ0) is 15.3. The second kappa shape index (κ2) is 6.69. The second-order valence-electron chi connectivity index (χ2n) is 4.34. The zero-order valence-corrected chi connectivity index (χ0v) is 12.4. The van der Waals surface area contributed by atoms with Crippen molar-refractivity contribution in [2.45, 2.75) is 18.4 Å². The minimum atomic E-state index is -3.60. The Kier molecular flexibility index (Phi) is 4.93. The molecular weight excluding hydrogens is 293 g/mol. The number of hydrogen-bond acceptors (Lipinski definition) is 3. The molecule has 0 unspecified atom stereocenters. The molecule has 0 saturated heterocycles. The number of benzene rings is 2. The molecule has 0 aliphatic rings. The number of hydrogen-bond donors (Lipinski definition) is 1. The van der Waals surface area contributed by atoms with Gasteiger partial charge in [0.05, 0.1) is 11.5 Å². The molecule has 21 heavy (non-hydrogen) atoms. The first-order valence-corrected chi connectivity index (χ1v) is 7.97. The van der Waals surface area contributed by atoms with Crippen LogP contribution in [0.15, 0.2) is 53.4 Å². The Morgan fingerprint density at radius 2 is 1.86 bits per heavy atom. The Bertz CT molecular complexity index is 702. The lowest BCUT2D eigenvalue weighted by Gasteiger charge is -2.09. The Hall–Kier alpha value is -1.92. The number of nitrogens with one attached hydrogen (secondary N) is 1. The summed E-state index contributed by atoms with van der Waals surface area (Å²) in [6.45, 7) is 2.15. The number of halogens is 1. The molecule has 2 aromatic carbocycles. The monoisotopic (exact) mass is 309 g/mol. The first-order chi connectivity index (χ1) is 10.0. The van der Waals surface area contributed by atoms with E-state index in [1.54, 1.807) is 31.2 Å². The maximum Gasteiger partial charge on any atom is 0.240 e. The number of rotatable bonds is 6. The molecule has 0 spiro atoms. The molecule has 0 heterocycles. The van der Waals surface area contributed by atoms with Crippen molar-refractivity contribution in [3.63, 3.8) is 0 Å².